The van der Waals surface area contributed by atoms with E-state index in [4.69, 9.17) is 5.11 Å². The Kier molecular flexibility index (Phi) is 3.57. The smallest absolute Gasteiger partial charge is 0.336 e. The van der Waals surface area contributed by atoms with Gasteiger partial charge >= 0.3 is 5.97 Å². The molecule has 0 spiro atoms. The lowest BCUT2D eigenvalue weighted by Gasteiger charge is -2.02. The van der Waals surface area contributed by atoms with E-state index < -0.39 is 5.97 Å². The molecule has 0 heterocycles. The summed E-state index contributed by atoms with van der Waals surface area (Å²) in [6, 6.07) is 4.81. The quantitative estimate of drug-likeness (QED) is 0.601. The molecule has 0 saturated heterocycles. The molecule has 76 valence electrons. The van der Waals surface area contributed by atoms with Crippen LogP contribution in [0, 0.1) is 0 Å². The third kappa shape index (κ3) is 2.64. The molecule has 0 aliphatic heterocycles. The number of hydrogen-bond acceptors (Lipinski definition) is 2. The van der Waals surface area contributed by atoms with Gasteiger partial charge in [-0.25, -0.2) is 4.79 Å². The molecule has 0 aliphatic rings. The first-order valence-electron chi connectivity index (χ1n) is 4.30. The van der Waals surface area contributed by atoms with Crippen LogP contribution in [0.4, 0.5) is 0 Å². The number of aromatic carboxylic acids is 1. The standard InChI is InChI=1S/C12H10O3/c1-2-9-5-6-11(12(14)15)10(8-9)4-3-7-13/h2-8H,1H2,(H,14,15). The lowest BCUT2D eigenvalue weighted by Crippen LogP contribution is -1.99. The normalized spacial score (nSPS) is 10.1. The van der Waals surface area contributed by atoms with E-state index >= 15 is 0 Å². The Morgan fingerprint density at radius 1 is 1.40 bits per heavy atom. The number of carbonyl (C=O) groups excluding carboxylic acids is 1. The molecule has 0 aromatic heterocycles. The maximum absolute atomic E-state index is 10.8. The predicted octanol–water partition coefficient (Wildman–Crippen LogP) is 2.24. The highest BCUT2D eigenvalue weighted by molar-refractivity contribution is 5.93. The van der Waals surface area contributed by atoms with Crippen molar-refractivity contribution in [1.29, 1.82) is 0 Å². The molecular formula is C12H10O3. The van der Waals surface area contributed by atoms with Crippen LogP contribution in [0.25, 0.3) is 12.2 Å². The largest absolute Gasteiger partial charge is 0.478 e. The number of aldehydes is 1. The summed E-state index contributed by atoms with van der Waals surface area (Å²) in [5, 5.41) is 8.88. The van der Waals surface area contributed by atoms with Crippen molar-refractivity contribution in [2.45, 2.75) is 0 Å². The minimum absolute atomic E-state index is 0.165. The van der Waals surface area contributed by atoms with Crippen LogP contribution < -0.4 is 0 Å². The van der Waals surface area contributed by atoms with Crippen molar-refractivity contribution in [2.24, 2.45) is 0 Å². The van der Waals surface area contributed by atoms with E-state index in [-0.39, 0.29) is 5.56 Å². The van der Waals surface area contributed by atoms with Gasteiger partial charge in [0.15, 0.2) is 0 Å². The van der Waals surface area contributed by atoms with Gasteiger partial charge in [-0.15, -0.1) is 0 Å². The molecule has 0 saturated carbocycles. The first-order valence-corrected chi connectivity index (χ1v) is 4.30. The summed E-state index contributed by atoms with van der Waals surface area (Å²) in [6.07, 6.45) is 4.94. The Hall–Kier alpha value is -2.16. The molecule has 0 unspecified atom stereocenters. The first-order chi connectivity index (χ1) is 7.19. The Morgan fingerprint density at radius 3 is 2.67 bits per heavy atom. The highest BCUT2D eigenvalue weighted by atomic mass is 16.4. The third-order valence-electron chi connectivity index (χ3n) is 1.90. The second kappa shape index (κ2) is 4.91. The fraction of sp³-hybridized carbons (Fsp3) is 0. The van der Waals surface area contributed by atoms with Crippen LogP contribution in [0.3, 0.4) is 0 Å². The minimum Gasteiger partial charge on any atom is -0.478 e. The maximum Gasteiger partial charge on any atom is 0.336 e. The average molecular weight is 202 g/mol. The fourth-order valence-electron chi connectivity index (χ4n) is 1.18. The van der Waals surface area contributed by atoms with Gasteiger partial charge in [-0.3, -0.25) is 4.79 Å². The van der Waals surface area contributed by atoms with E-state index in [2.05, 4.69) is 6.58 Å². The highest BCUT2D eigenvalue weighted by Gasteiger charge is 2.07. The molecule has 0 atom stereocenters. The Labute approximate surface area is 87.4 Å². The molecule has 0 radical (unpaired) electrons. The monoisotopic (exact) mass is 202 g/mol. The van der Waals surface area contributed by atoms with Crippen LogP contribution in [0.15, 0.2) is 30.9 Å². The van der Waals surface area contributed by atoms with E-state index in [1.54, 1.807) is 18.2 Å². The van der Waals surface area contributed by atoms with Gasteiger partial charge in [0.05, 0.1) is 5.56 Å². The van der Waals surface area contributed by atoms with Crippen molar-refractivity contribution in [3.8, 4) is 0 Å². The maximum atomic E-state index is 10.8. The molecule has 0 fully saturated rings. The fourth-order valence-corrected chi connectivity index (χ4v) is 1.18. The molecule has 3 nitrogen and oxygen atoms in total. The third-order valence-corrected chi connectivity index (χ3v) is 1.90. The second-order valence-electron chi connectivity index (χ2n) is 2.85. The Morgan fingerprint density at radius 2 is 2.13 bits per heavy atom. The van der Waals surface area contributed by atoms with Crippen LogP contribution in [0.5, 0.6) is 0 Å². The van der Waals surface area contributed by atoms with E-state index in [1.165, 1.54) is 18.2 Å². The van der Waals surface area contributed by atoms with Crippen molar-refractivity contribution in [2.75, 3.05) is 0 Å². The zero-order valence-electron chi connectivity index (χ0n) is 8.01. The summed E-state index contributed by atoms with van der Waals surface area (Å²) < 4.78 is 0. The number of allylic oxidation sites excluding steroid dienone is 1. The topological polar surface area (TPSA) is 54.4 Å². The van der Waals surface area contributed by atoms with Gasteiger partial charge in [-0.1, -0.05) is 24.8 Å². The number of carbonyl (C=O) groups is 2. The molecule has 1 rings (SSSR count). The van der Waals surface area contributed by atoms with Crippen molar-refractivity contribution in [1.82, 2.24) is 0 Å². The average Bonchev–Trinajstić information content (AvgIpc) is 2.25. The molecule has 0 amide bonds. The zero-order valence-corrected chi connectivity index (χ0v) is 8.01. The SMILES string of the molecule is C=Cc1ccc(C(=O)O)c(C=CC=O)c1. The van der Waals surface area contributed by atoms with Crippen molar-refractivity contribution >= 4 is 24.4 Å². The van der Waals surface area contributed by atoms with Crippen molar-refractivity contribution < 1.29 is 14.7 Å². The van der Waals surface area contributed by atoms with Gasteiger partial charge in [0, 0.05) is 0 Å². The van der Waals surface area contributed by atoms with Gasteiger partial charge in [0.2, 0.25) is 0 Å². The summed E-state index contributed by atoms with van der Waals surface area (Å²) in [6.45, 7) is 3.59. The first kappa shape index (κ1) is 10.9. The number of carboxylic acids is 1. The number of hydrogen-bond donors (Lipinski definition) is 1. The van der Waals surface area contributed by atoms with Gasteiger partial charge in [-0.2, -0.15) is 0 Å². The lowest BCUT2D eigenvalue weighted by molar-refractivity contribution is -0.104. The molecule has 1 aromatic rings. The van der Waals surface area contributed by atoms with E-state index in [1.807, 2.05) is 0 Å². The van der Waals surface area contributed by atoms with E-state index in [0.29, 0.717) is 11.8 Å². The highest BCUT2D eigenvalue weighted by Crippen LogP contribution is 2.14. The van der Waals surface area contributed by atoms with Crippen molar-refractivity contribution in [3.63, 3.8) is 0 Å². The summed E-state index contributed by atoms with van der Waals surface area (Å²) in [4.78, 5) is 21.0. The van der Waals surface area contributed by atoms with Crippen LogP contribution in [-0.2, 0) is 4.79 Å². The summed E-state index contributed by atoms with van der Waals surface area (Å²) in [7, 11) is 0. The lowest BCUT2D eigenvalue weighted by atomic mass is 10.0. The van der Waals surface area contributed by atoms with E-state index in [0.717, 1.165) is 5.56 Å². The molecular weight excluding hydrogens is 192 g/mol. The van der Waals surface area contributed by atoms with Crippen LogP contribution in [0.1, 0.15) is 21.5 Å². The number of rotatable bonds is 4. The van der Waals surface area contributed by atoms with Gasteiger partial charge in [0.1, 0.15) is 6.29 Å². The molecule has 1 N–H and O–H groups in total. The molecule has 15 heavy (non-hydrogen) atoms. The molecule has 0 bridgehead atoms. The molecule has 1 aromatic carbocycles. The van der Waals surface area contributed by atoms with Gasteiger partial charge in [0.25, 0.3) is 0 Å². The number of benzene rings is 1. The predicted molar refractivity (Wildman–Crippen MR) is 58.6 cm³/mol. The summed E-state index contributed by atoms with van der Waals surface area (Å²) >= 11 is 0. The van der Waals surface area contributed by atoms with Crippen LogP contribution in [0.2, 0.25) is 0 Å². The van der Waals surface area contributed by atoms with Gasteiger partial charge < -0.3 is 5.11 Å². The Balaban J connectivity index is 3.27. The van der Waals surface area contributed by atoms with E-state index in [9.17, 15) is 9.59 Å². The summed E-state index contributed by atoms with van der Waals surface area (Å²) in [5.74, 6) is -1.02. The van der Waals surface area contributed by atoms with Gasteiger partial charge in [-0.05, 0) is 29.3 Å². The molecule has 3 heteroatoms. The zero-order chi connectivity index (χ0) is 11.3. The van der Waals surface area contributed by atoms with Crippen molar-refractivity contribution in [3.05, 3.63) is 47.5 Å². The number of carboxylic acid groups (broad SMARTS) is 1. The van der Waals surface area contributed by atoms with Crippen LogP contribution in [-0.4, -0.2) is 17.4 Å². The minimum atomic E-state index is -1.02. The van der Waals surface area contributed by atoms with Crippen LogP contribution >= 0.6 is 0 Å². The molecule has 0 aliphatic carbocycles. The second-order valence-corrected chi connectivity index (χ2v) is 2.85. The summed E-state index contributed by atoms with van der Waals surface area (Å²) in [5.41, 5.74) is 1.47. The Bertz CT molecular complexity index is 430.